The molecule has 1 aromatic rings. The molecular weight excluding hydrogens is 236 g/mol. The summed E-state index contributed by atoms with van der Waals surface area (Å²) in [6.45, 7) is 0.743. The third kappa shape index (κ3) is 1.48. The van der Waals surface area contributed by atoms with E-state index in [4.69, 9.17) is 5.11 Å². The van der Waals surface area contributed by atoms with E-state index < -0.39 is 5.97 Å². The van der Waals surface area contributed by atoms with Gasteiger partial charge in [0, 0.05) is 13.0 Å². The maximum absolute atomic E-state index is 10.7. The fourth-order valence-corrected chi connectivity index (χ4v) is 2.09. The van der Waals surface area contributed by atoms with Gasteiger partial charge in [-0.25, -0.2) is 4.98 Å². The van der Waals surface area contributed by atoms with Gasteiger partial charge >= 0.3 is 5.97 Å². The van der Waals surface area contributed by atoms with Crippen LogP contribution in [0.4, 0.5) is 0 Å². The summed E-state index contributed by atoms with van der Waals surface area (Å²) < 4.78 is 2.95. The number of aliphatic carboxylic acids is 1. The third-order valence-corrected chi connectivity index (χ3v) is 3.00. The Morgan fingerprint density at radius 2 is 2.54 bits per heavy atom. The van der Waals surface area contributed by atoms with Crippen LogP contribution in [0.1, 0.15) is 12.2 Å². The van der Waals surface area contributed by atoms with E-state index in [1.165, 1.54) is 0 Å². The van der Waals surface area contributed by atoms with Crippen LogP contribution in [-0.2, 0) is 17.8 Å². The summed E-state index contributed by atoms with van der Waals surface area (Å²) >= 11 is 3.36. The van der Waals surface area contributed by atoms with Crippen LogP contribution in [0, 0.1) is 5.92 Å². The van der Waals surface area contributed by atoms with Gasteiger partial charge in [-0.2, -0.15) is 0 Å². The molecule has 1 N–H and O–H groups in total. The van der Waals surface area contributed by atoms with Crippen molar-refractivity contribution in [1.82, 2.24) is 9.55 Å². The van der Waals surface area contributed by atoms with Crippen LogP contribution in [0.15, 0.2) is 10.8 Å². The molecule has 5 heteroatoms. The van der Waals surface area contributed by atoms with Crippen LogP contribution in [0.3, 0.4) is 0 Å². The van der Waals surface area contributed by atoms with Gasteiger partial charge in [0.15, 0.2) is 0 Å². The Labute approximate surface area is 83.7 Å². The van der Waals surface area contributed by atoms with Gasteiger partial charge in [0.2, 0.25) is 0 Å². The van der Waals surface area contributed by atoms with Crippen molar-refractivity contribution < 1.29 is 9.90 Å². The average molecular weight is 245 g/mol. The predicted molar refractivity (Wildman–Crippen MR) is 49.4 cm³/mol. The molecule has 0 aromatic carbocycles. The second-order valence-corrected chi connectivity index (χ2v) is 3.99. The van der Waals surface area contributed by atoms with Crippen LogP contribution in [0.25, 0.3) is 0 Å². The minimum absolute atomic E-state index is 0.262. The number of aromatic nitrogens is 2. The quantitative estimate of drug-likeness (QED) is 0.811. The van der Waals surface area contributed by atoms with Crippen LogP contribution in [-0.4, -0.2) is 20.6 Å². The number of hydrogen-bond donors (Lipinski definition) is 1. The summed E-state index contributed by atoms with van der Waals surface area (Å²) in [5.41, 5.74) is 0. The van der Waals surface area contributed by atoms with E-state index >= 15 is 0 Å². The molecule has 4 nitrogen and oxygen atoms in total. The Hall–Kier alpha value is -0.840. The van der Waals surface area contributed by atoms with Crippen molar-refractivity contribution in [2.45, 2.75) is 19.4 Å². The number of halogens is 1. The van der Waals surface area contributed by atoms with Gasteiger partial charge in [-0.1, -0.05) is 0 Å². The molecule has 1 aliphatic rings. The van der Waals surface area contributed by atoms with Crippen molar-refractivity contribution in [2.24, 2.45) is 5.92 Å². The molecule has 0 amide bonds. The average Bonchev–Trinajstić information content (AvgIpc) is 2.47. The standard InChI is InChI=1S/C8H9BrN2O2/c9-6-4-10-7-3-5(8(12)13)1-2-11(6)7/h4-5H,1-3H2,(H,12,13). The number of carboxylic acid groups (broad SMARTS) is 1. The van der Waals surface area contributed by atoms with Crippen molar-refractivity contribution in [3.63, 3.8) is 0 Å². The molecule has 1 unspecified atom stereocenters. The zero-order chi connectivity index (χ0) is 9.42. The minimum Gasteiger partial charge on any atom is -0.481 e. The van der Waals surface area contributed by atoms with E-state index in [0.29, 0.717) is 12.8 Å². The molecule has 2 heterocycles. The van der Waals surface area contributed by atoms with Gasteiger partial charge in [0.25, 0.3) is 0 Å². The highest BCUT2D eigenvalue weighted by molar-refractivity contribution is 9.10. The molecule has 0 bridgehead atoms. The zero-order valence-corrected chi connectivity index (χ0v) is 8.49. The molecule has 0 saturated carbocycles. The number of hydrogen-bond acceptors (Lipinski definition) is 2. The van der Waals surface area contributed by atoms with E-state index in [0.717, 1.165) is 17.0 Å². The van der Waals surface area contributed by atoms with Crippen molar-refractivity contribution >= 4 is 21.9 Å². The normalized spacial score (nSPS) is 21.2. The number of carboxylic acids is 1. The lowest BCUT2D eigenvalue weighted by Crippen LogP contribution is -2.25. The predicted octanol–water partition coefficient (Wildman–Crippen LogP) is 1.29. The summed E-state index contributed by atoms with van der Waals surface area (Å²) in [7, 11) is 0. The Kier molecular flexibility index (Phi) is 2.11. The molecule has 0 aliphatic carbocycles. The molecule has 1 aromatic heterocycles. The lowest BCUT2D eigenvalue weighted by Gasteiger charge is -2.20. The summed E-state index contributed by atoms with van der Waals surface area (Å²) in [6, 6.07) is 0. The van der Waals surface area contributed by atoms with E-state index in [-0.39, 0.29) is 5.92 Å². The maximum atomic E-state index is 10.7. The second kappa shape index (κ2) is 3.14. The monoisotopic (exact) mass is 244 g/mol. The Morgan fingerprint density at radius 1 is 1.77 bits per heavy atom. The Morgan fingerprint density at radius 3 is 3.23 bits per heavy atom. The van der Waals surface area contributed by atoms with Gasteiger partial charge in [-0.3, -0.25) is 4.79 Å². The largest absolute Gasteiger partial charge is 0.481 e. The molecular formula is C8H9BrN2O2. The van der Waals surface area contributed by atoms with Crippen molar-refractivity contribution in [1.29, 1.82) is 0 Å². The highest BCUT2D eigenvalue weighted by atomic mass is 79.9. The summed E-state index contributed by atoms with van der Waals surface area (Å²) in [6.07, 6.45) is 2.96. The molecule has 1 atom stereocenters. The minimum atomic E-state index is -0.717. The van der Waals surface area contributed by atoms with Crippen molar-refractivity contribution in [3.8, 4) is 0 Å². The third-order valence-electron chi connectivity index (χ3n) is 2.37. The van der Waals surface area contributed by atoms with Gasteiger partial charge in [0.05, 0.1) is 12.1 Å². The Bertz CT molecular complexity index is 348. The van der Waals surface area contributed by atoms with Gasteiger partial charge in [-0.05, 0) is 22.4 Å². The number of rotatable bonds is 1. The topological polar surface area (TPSA) is 55.1 Å². The second-order valence-electron chi connectivity index (χ2n) is 3.18. The van der Waals surface area contributed by atoms with Crippen LogP contribution < -0.4 is 0 Å². The maximum Gasteiger partial charge on any atom is 0.307 e. The zero-order valence-electron chi connectivity index (χ0n) is 6.90. The molecule has 13 heavy (non-hydrogen) atoms. The highest BCUT2D eigenvalue weighted by Gasteiger charge is 2.25. The molecule has 0 radical (unpaired) electrons. The van der Waals surface area contributed by atoms with Crippen molar-refractivity contribution in [3.05, 3.63) is 16.6 Å². The lowest BCUT2D eigenvalue weighted by molar-refractivity contribution is -0.142. The van der Waals surface area contributed by atoms with Crippen LogP contribution in [0.5, 0.6) is 0 Å². The van der Waals surface area contributed by atoms with E-state index in [9.17, 15) is 4.79 Å². The van der Waals surface area contributed by atoms with Crippen molar-refractivity contribution in [2.75, 3.05) is 0 Å². The smallest absolute Gasteiger partial charge is 0.307 e. The van der Waals surface area contributed by atoms with E-state index in [1.807, 2.05) is 4.57 Å². The fourth-order valence-electron chi connectivity index (χ4n) is 1.61. The first-order chi connectivity index (χ1) is 6.18. The SMILES string of the molecule is O=C(O)C1CCn2c(Br)cnc2C1. The van der Waals surface area contributed by atoms with Gasteiger partial charge < -0.3 is 9.67 Å². The number of fused-ring (bicyclic) bond motifs is 1. The molecule has 0 spiro atoms. The first kappa shape index (κ1) is 8.74. The Balaban J connectivity index is 2.25. The molecule has 0 saturated heterocycles. The fraction of sp³-hybridized carbons (Fsp3) is 0.500. The summed E-state index contributed by atoms with van der Waals surface area (Å²) in [5, 5.41) is 8.82. The summed E-state index contributed by atoms with van der Waals surface area (Å²) in [4.78, 5) is 14.9. The first-order valence-corrected chi connectivity index (χ1v) is 4.90. The van der Waals surface area contributed by atoms with E-state index in [1.54, 1.807) is 6.20 Å². The molecule has 2 rings (SSSR count). The highest BCUT2D eigenvalue weighted by Crippen LogP contribution is 2.23. The van der Waals surface area contributed by atoms with Crippen LogP contribution >= 0.6 is 15.9 Å². The number of imidazole rings is 1. The molecule has 1 aliphatic heterocycles. The summed E-state index contributed by atoms with van der Waals surface area (Å²) in [5.74, 6) is -0.113. The molecule has 70 valence electrons. The van der Waals surface area contributed by atoms with Gasteiger partial charge in [0.1, 0.15) is 10.4 Å². The van der Waals surface area contributed by atoms with E-state index in [2.05, 4.69) is 20.9 Å². The van der Waals surface area contributed by atoms with Gasteiger partial charge in [-0.15, -0.1) is 0 Å². The van der Waals surface area contributed by atoms with Crippen LogP contribution in [0.2, 0.25) is 0 Å². The number of nitrogens with zero attached hydrogens (tertiary/aromatic N) is 2. The first-order valence-electron chi connectivity index (χ1n) is 4.11. The lowest BCUT2D eigenvalue weighted by atomic mass is 9.98. The molecule has 0 fully saturated rings. The number of carbonyl (C=O) groups is 1.